The summed E-state index contributed by atoms with van der Waals surface area (Å²) < 4.78 is 4.43. The number of aliphatic carboxylic acids is 1. The highest BCUT2D eigenvalue weighted by Gasteiger charge is 2.02. The highest BCUT2D eigenvalue weighted by Crippen LogP contribution is 1.84. The zero-order valence-electron chi connectivity index (χ0n) is 12.5. The van der Waals surface area contributed by atoms with Crippen LogP contribution < -0.4 is 5.32 Å². The minimum Gasteiger partial charge on any atom is -0.480 e. The molecule has 0 aromatic carbocycles. The number of nitrogens with one attached hydrogen (secondary N) is 1. The quantitative estimate of drug-likeness (QED) is 0.198. The van der Waals surface area contributed by atoms with E-state index in [9.17, 15) is 9.59 Å². The number of ether oxygens (including phenoxy) is 1. The third kappa shape index (κ3) is 18.7. The number of rotatable bonds is 12. The van der Waals surface area contributed by atoms with Crippen molar-refractivity contribution in [1.29, 1.82) is 0 Å². The Bertz CT molecular complexity index is 264. The lowest BCUT2D eigenvalue weighted by atomic mass is 10.4. The Kier molecular flexibility index (Phi) is 18.5. The molecular weight excluding hydrogens is 300 g/mol. The number of carboxylic acids is 1. The highest BCUT2D eigenvalue weighted by molar-refractivity contribution is 5.73. The molecule has 10 nitrogen and oxygen atoms in total. The molecule has 0 unspecified atom stereocenters. The van der Waals surface area contributed by atoms with Gasteiger partial charge in [0, 0.05) is 19.6 Å². The molecule has 132 valence electrons. The van der Waals surface area contributed by atoms with Crippen LogP contribution in [0.4, 0.5) is 0 Å². The Morgan fingerprint density at radius 3 is 1.73 bits per heavy atom. The largest absolute Gasteiger partial charge is 0.480 e. The first-order valence-corrected chi connectivity index (χ1v) is 6.75. The molecule has 0 bridgehead atoms. The maximum atomic E-state index is 10.6. The van der Waals surface area contributed by atoms with Crippen molar-refractivity contribution >= 4 is 11.9 Å². The van der Waals surface area contributed by atoms with Crippen LogP contribution in [0.15, 0.2) is 0 Å². The van der Waals surface area contributed by atoms with E-state index in [1.54, 1.807) is 4.90 Å². The van der Waals surface area contributed by atoms with Gasteiger partial charge in [-0.1, -0.05) is 0 Å². The van der Waals surface area contributed by atoms with Gasteiger partial charge in [0.25, 0.3) is 0 Å². The monoisotopic (exact) mass is 326 g/mol. The molecule has 0 aliphatic heterocycles. The molecule has 10 heteroatoms. The van der Waals surface area contributed by atoms with Crippen molar-refractivity contribution in [2.75, 3.05) is 65.8 Å². The average Bonchev–Trinajstić information content (AvgIpc) is 2.46. The van der Waals surface area contributed by atoms with E-state index in [0.717, 1.165) is 0 Å². The predicted molar refractivity (Wildman–Crippen MR) is 76.2 cm³/mol. The summed E-state index contributed by atoms with van der Waals surface area (Å²) in [6.45, 7) is 1.02. The second kappa shape index (κ2) is 17.8. The number of esters is 1. The zero-order chi connectivity index (χ0) is 17.2. The van der Waals surface area contributed by atoms with Crippen molar-refractivity contribution in [3.63, 3.8) is 0 Å². The number of hydrogen-bond donors (Lipinski definition) is 6. The molecule has 0 heterocycles. The fourth-order valence-corrected chi connectivity index (χ4v) is 1.24. The summed E-state index contributed by atoms with van der Waals surface area (Å²) in [5, 5.41) is 44.2. The Morgan fingerprint density at radius 2 is 1.36 bits per heavy atom. The van der Waals surface area contributed by atoms with Crippen molar-refractivity contribution in [3.8, 4) is 0 Å². The predicted octanol–water partition coefficient (Wildman–Crippen LogP) is -3.54. The van der Waals surface area contributed by atoms with Crippen molar-refractivity contribution in [1.82, 2.24) is 10.2 Å². The van der Waals surface area contributed by atoms with E-state index in [2.05, 4.69) is 10.1 Å². The van der Waals surface area contributed by atoms with Crippen molar-refractivity contribution in [3.05, 3.63) is 0 Å². The molecule has 0 atom stereocenters. The van der Waals surface area contributed by atoms with Gasteiger partial charge < -0.3 is 30.3 Å². The first-order chi connectivity index (χ1) is 10.5. The summed E-state index contributed by atoms with van der Waals surface area (Å²) in [7, 11) is 0. The fourth-order valence-electron chi connectivity index (χ4n) is 1.24. The molecule has 0 aliphatic rings. The molecule has 0 fully saturated rings. The van der Waals surface area contributed by atoms with E-state index < -0.39 is 11.9 Å². The standard InChI is InChI=1S/C6H11NO5.C6H15NO3/c8-1-2-12-6(11)4-7-3-5(9)10;8-4-1-7(2-5-9)3-6-10/h7-8H,1-4H2,(H,9,10);8-10H,1-6H2. The van der Waals surface area contributed by atoms with Crippen LogP contribution in [0.1, 0.15) is 0 Å². The van der Waals surface area contributed by atoms with Gasteiger partial charge in [-0.3, -0.25) is 19.8 Å². The van der Waals surface area contributed by atoms with E-state index in [-0.39, 0.29) is 46.1 Å². The van der Waals surface area contributed by atoms with E-state index in [0.29, 0.717) is 19.6 Å². The molecule has 0 radical (unpaired) electrons. The molecule has 0 spiro atoms. The van der Waals surface area contributed by atoms with E-state index in [1.165, 1.54) is 0 Å². The third-order valence-corrected chi connectivity index (χ3v) is 2.15. The van der Waals surface area contributed by atoms with Gasteiger partial charge in [0.2, 0.25) is 0 Å². The number of aliphatic hydroxyl groups is 4. The highest BCUT2D eigenvalue weighted by atomic mass is 16.5. The number of carboxylic acid groups (broad SMARTS) is 1. The minimum atomic E-state index is -1.04. The van der Waals surface area contributed by atoms with Gasteiger partial charge >= 0.3 is 11.9 Å². The van der Waals surface area contributed by atoms with Crippen LogP contribution in [0.25, 0.3) is 0 Å². The lowest BCUT2D eigenvalue weighted by Crippen LogP contribution is -2.32. The third-order valence-electron chi connectivity index (χ3n) is 2.15. The zero-order valence-corrected chi connectivity index (χ0v) is 12.5. The van der Waals surface area contributed by atoms with Crippen molar-refractivity contribution in [2.24, 2.45) is 0 Å². The van der Waals surface area contributed by atoms with Gasteiger partial charge in [-0.05, 0) is 0 Å². The second-order valence-electron chi connectivity index (χ2n) is 3.95. The smallest absolute Gasteiger partial charge is 0.320 e. The molecule has 0 amide bonds. The Labute approximate surface area is 128 Å². The van der Waals surface area contributed by atoms with E-state index >= 15 is 0 Å². The Hall–Kier alpha value is -1.30. The van der Waals surface area contributed by atoms with Crippen LogP contribution in [0.3, 0.4) is 0 Å². The number of nitrogens with zero attached hydrogens (tertiary/aromatic N) is 1. The second-order valence-corrected chi connectivity index (χ2v) is 3.95. The molecular formula is C12H26N2O8. The topological polar surface area (TPSA) is 160 Å². The maximum absolute atomic E-state index is 10.6. The Balaban J connectivity index is 0. The lowest BCUT2D eigenvalue weighted by Gasteiger charge is -2.17. The van der Waals surface area contributed by atoms with Crippen molar-refractivity contribution < 1.29 is 39.9 Å². The van der Waals surface area contributed by atoms with Crippen LogP contribution in [0.5, 0.6) is 0 Å². The van der Waals surface area contributed by atoms with Gasteiger partial charge in [0.1, 0.15) is 6.61 Å². The number of hydrogen-bond acceptors (Lipinski definition) is 9. The number of aliphatic hydroxyl groups excluding tert-OH is 4. The van der Waals surface area contributed by atoms with Crippen LogP contribution in [-0.4, -0.2) is 108 Å². The van der Waals surface area contributed by atoms with Gasteiger partial charge in [0.05, 0.1) is 39.5 Å². The molecule has 0 saturated carbocycles. The summed E-state index contributed by atoms with van der Waals surface area (Å²) in [5.74, 6) is -1.62. The lowest BCUT2D eigenvalue weighted by molar-refractivity contribution is -0.143. The van der Waals surface area contributed by atoms with Crippen molar-refractivity contribution in [2.45, 2.75) is 0 Å². The maximum Gasteiger partial charge on any atom is 0.320 e. The number of carbonyl (C=O) groups is 2. The first kappa shape index (κ1) is 23.0. The van der Waals surface area contributed by atoms with E-state index in [1.807, 2.05) is 0 Å². The number of carbonyl (C=O) groups excluding carboxylic acids is 1. The normalized spacial score (nSPS) is 10.0. The molecule has 0 rings (SSSR count). The summed E-state index contributed by atoms with van der Waals surface area (Å²) in [4.78, 5) is 22.3. The molecule has 0 aromatic rings. The molecule has 0 aliphatic carbocycles. The van der Waals surface area contributed by atoms with Gasteiger partial charge in [-0.15, -0.1) is 0 Å². The molecule has 0 aromatic heterocycles. The van der Waals surface area contributed by atoms with Gasteiger partial charge in [-0.2, -0.15) is 0 Å². The minimum absolute atomic E-state index is 0.0619. The molecule has 6 N–H and O–H groups in total. The van der Waals surface area contributed by atoms with E-state index in [4.69, 9.17) is 25.5 Å². The first-order valence-electron chi connectivity index (χ1n) is 6.75. The van der Waals surface area contributed by atoms with Gasteiger partial charge in [-0.25, -0.2) is 0 Å². The SMILES string of the molecule is O=C(O)CNCC(=O)OCCO.OCCN(CCO)CCO. The Morgan fingerprint density at radius 1 is 0.864 bits per heavy atom. The summed E-state index contributed by atoms with van der Waals surface area (Å²) in [5.41, 5.74) is 0. The summed E-state index contributed by atoms with van der Waals surface area (Å²) >= 11 is 0. The van der Waals surface area contributed by atoms with Gasteiger partial charge in [0.15, 0.2) is 0 Å². The fraction of sp³-hybridized carbons (Fsp3) is 0.833. The van der Waals surface area contributed by atoms with Crippen LogP contribution >= 0.6 is 0 Å². The molecule has 0 saturated heterocycles. The molecule has 22 heavy (non-hydrogen) atoms. The summed E-state index contributed by atoms with van der Waals surface area (Å²) in [6.07, 6.45) is 0. The average molecular weight is 326 g/mol. The summed E-state index contributed by atoms with van der Waals surface area (Å²) in [6, 6.07) is 0. The van der Waals surface area contributed by atoms with Crippen LogP contribution in [-0.2, 0) is 14.3 Å². The van der Waals surface area contributed by atoms with Crippen LogP contribution in [0.2, 0.25) is 0 Å². The van der Waals surface area contributed by atoms with Crippen LogP contribution in [0, 0.1) is 0 Å².